The Morgan fingerprint density at radius 2 is 2.09 bits per heavy atom. The third kappa shape index (κ3) is 4.73. The first-order valence-corrected chi connectivity index (χ1v) is 7.53. The topological polar surface area (TPSA) is 61.9 Å². The average Bonchev–Trinajstić information content (AvgIpc) is 2.49. The molecule has 1 N–H and O–H groups in total. The molecular formula is C16H23N3O3. The maximum absolute atomic E-state index is 12.2. The number of nitrogens with zero attached hydrogens (tertiary/aromatic N) is 2. The van der Waals surface area contributed by atoms with E-state index in [9.17, 15) is 9.59 Å². The number of likely N-dealkylation sites (N-methyl/N-ethyl adjacent to an activating group) is 1. The van der Waals surface area contributed by atoms with Crippen LogP contribution in [0.1, 0.15) is 12.5 Å². The molecule has 0 aliphatic carbocycles. The molecule has 0 atom stereocenters. The Bertz CT molecular complexity index is 516. The minimum absolute atomic E-state index is 0.0172. The Morgan fingerprint density at radius 3 is 2.73 bits per heavy atom. The zero-order valence-corrected chi connectivity index (χ0v) is 13.2. The van der Waals surface area contributed by atoms with Crippen molar-refractivity contribution in [1.29, 1.82) is 0 Å². The molecule has 2 rings (SSSR count). The lowest BCUT2D eigenvalue weighted by Gasteiger charge is -2.28. The van der Waals surface area contributed by atoms with E-state index in [4.69, 9.17) is 4.74 Å². The number of amides is 2. The molecule has 0 unspecified atom stereocenters. The molecule has 6 heteroatoms. The fourth-order valence-electron chi connectivity index (χ4n) is 2.36. The average molecular weight is 305 g/mol. The normalized spacial score (nSPS) is 15.3. The van der Waals surface area contributed by atoms with Crippen LogP contribution < -0.4 is 10.1 Å². The highest BCUT2D eigenvalue weighted by Crippen LogP contribution is 2.13. The van der Waals surface area contributed by atoms with Crippen molar-refractivity contribution < 1.29 is 14.3 Å². The summed E-state index contributed by atoms with van der Waals surface area (Å²) in [6.45, 7) is 5.03. The summed E-state index contributed by atoms with van der Waals surface area (Å²) >= 11 is 0. The molecule has 1 aromatic rings. The number of carbonyl (C=O) groups is 2. The number of rotatable bonds is 6. The fraction of sp³-hybridized carbons (Fsp3) is 0.500. The van der Waals surface area contributed by atoms with Crippen LogP contribution in [0, 0.1) is 0 Å². The Labute approximate surface area is 131 Å². The van der Waals surface area contributed by atoms with Crippen LogP contribution in [0.5, 0.6) is 5.75 Å². The zero-order chi connectivity index (χ0) is 15.9. The van der Waals surface area contributed by atoms with Crippen LogP contribution in [0.3, 0.4) is 0 Å². The Kier molecular flexibility index (Phi) is 5.77. The van der Waals surface area contributed by atoms with Crippen molar-refractivity contribution in [3.8, 4) is 5.75 Å². The van der Waals surface area contributed by atoms with Gasteiger partial charge in [0.2, 0.25) is 11.8 Å². The number of hydrogen-bond acceptors (Lipinski definition) is 4. The highest BCUT2D eigenvalue weighted by Gasteiger charge is 2.20. The van der Waals surface area contributed by atoms with Gasteiger partial charge >= 0.3 is 0 Å². The summed E-state index contributed by atoms with van der Waals surface area (Å²) < 4.78 is 5.40. The standard InChI is InChI=1S/C16H23N3O3/c1-3-22-14-6-4-13(5-7-14)10-18(2)16(21)12-19-9-8-17-15(20)11-19/h4-7H,3,8-12H2,1-2H3,(H,17,20). The van der Waals surface area contributed by atoms with Gasteiger partial charge < -0.3 is 15.0 Å². The first-order chi connectivity index (χ1) is 10.6. The lowest BCUT2D eigenvalue weighted by Crippen LogP contribution is -2.50. The fourth-order valence-corrected chi connectivity index (χ4v) is 2.36. The first kappa shape index (κ1) is 16.3. The Balaban J connectivity index is 1.83. The zero-order valence-electron chi connectivity index (χ0n) is 13.2. The van der Waals surface area contributed by atoms with Gasteiger partial charge in [-0.25, -0.2) is 0 Å². The van der Waals surface area contributed by atoms with Crippen LogP contribution in [-0.2, 0) is 16.1 Å². The highest BCUT2D eigenvalue weighted by atomic mass is 16.5. The van der Waals surface area contributed by atoms with Gasteiger partial charge in [0.15, 0.2) is 0 Å². The molecule has 120 valence electrons. The number of ether oxygens (including phenoxy) is 1. The Hall–Kier alpha value is -2.08. The summed E-state index contributed by atoms with van der Waals surface area (Å²) in [6.07, 6.45) is 0. The minimum atomic E-state index is -0.0202. The molecule has 1 aromatic carbocycles. The van der Waals surface area contributed by atoms with E-state index in [1.54, 1.807) is 11.9 Å². The predicted octanol–water partition coefficient (Wildman–Crippen LogP) is 0.476. The molecular weight excluding hydrogens is 282 g/mol. The highest BCUT2D eigenvalue weighted by molar-refractivity contribution is 5.81. The number of benzene rings is 1. The van der Waals surface area contributed by atoms with Gasteiger partial charge in [0.1, 0.15) is 5.75 Å². The van der Waals surface area contributed by atoms with E-state index in [1.165, 1.54) is 0 Å². The molecule has 0 bridgehead atoms. The molecule has 1 aliphatic heterocycles. The van der Waals surface area contributed by atoms with E-state index in [2.05, 4.69) is 5.32 Å². The van der Waals surface area contributed by atoms with E-state index in [1.807, 2.05) is 36.1 Å². The Morgan fingerprint density at radius 1 is 1.36 bits per heavy atom. The van der Waals surface area contributed by atoms with Crippen molar-refractivity contribution in [2.75, 3.05) is 39.8 Å². The summed E-state index contributed by atoms with van der Waals surface area (Å²) in [5.74, 6) is 0.830. The van der Waals surface area contributed by atoms with Crippen LogP contribution in [-0.4, -0.2) is 61.4 Å². The van der Waals surface area contributed by atoms with Gasteiger partial charge in [0.05, 0.1) is 19.7 Å². The molecule has 0 aromatic heterocycles. The van der Waals surface area contributed by atoms with Gasteiger partial charge in [-0.3, -0.25) is 14.5 Å². The van der Waals surface area contributed by atoms with Crippen molar-refractivity contribution in [3.63, 3.8) is 0 Å². The number of nitrogens with one attached hydrogen (secondary N) is 1. The van der Waals surface area contributed by atoms with E-state index in [0.717, 1.165) is 11.3 Å². The lowest BCUT2D eigenvalue weighted by atomic mass is 10.2. The molecule has 2 amide bonds. The second-order valence-corrected chi connectivity index (χ2v) is 5.39. The largest absolute Gasteiger partial charge is 0.494 e. The van der Waals surface area contributed by atoms with E-state index in [0.29, 0.717) is 32.8 Å². The van der Waals surface area contributed by atoms with Crippen molar-refractivity contribution >= 4 is 11.8 Å². The summed E-state index contributed by atoms with van der Waals surface area (Å²) in [7, 11) is 1.78. The molecule has 0 saturated carbocycles. The van der Waals surface area contributed by atoms with Crippen molar-refractivity contribution in [1.82, 2.24) is 15.1 Å². The molecule has 1 heterocycles. The summed E-state index contributed by atoms with van der Waals surface area (Å²) in [4.78, 5) is 27.1. The van der Waals surface area contributed by atoms with Gasteiger partial charge in [0, 0.05) is 26.7 Å². The monoisotopic (exact) mass is 305 g/mol. The first-order valence-electron chi connectivity index (χ1n) is 7.53. The minimum Gasteiger partial charge on any atom is -0.494 e. The van der Waals surface area contributed by atoms with Crippen molar-refractivity contribution in [3.05, 3.63) is 29.8 Å². The third-order valence-corrected chi connectivity index (χ3v) is 3.56. The van der Waals surface area contributed by atoms with Crippen LogP contribution in [0.25, 0.3) is 0 Å². The van der Waals surface area contributed by atoms with Crippen molar-refractivity contribution in [2.24, 2.45) is 0 Å². The van der Waals surface area contributed by atoms with Gasteiger partial charge in [-0.05, 0) is 24.6 Å². The second kappa shape index (κ2) is 7.79. The molecule has 1 saturated heterocycles. The SMILES string of the molecule is CCOc1ccc(CN(C)C(=O)CN2CCNC(=O)C2)cc1. The predicted molar refractivity (Wildman–Crippen MR) is 83.5 cm³/mol. The second-order valence-electron chi connectivity index (χ2n) is 5.39. The van der Waals surface area contributed by atoms with Crippen LogP contribution in [0.4, 0.5) is 0 Å². The maximum Gasteiger partial charge on any atom is 0.236 e. The summed E-state index contributed by atoms with van der Waals surface area (Å²) in [5.41, 5.74) is 1.05. The van der Waals surface area contributed by atoms with E-state index < -0.39 is 0 Å². The summed E-state index contributed by atoms with van der Waals surface area (Å²) in [5, 5.41) is 2.75. The number of piperazine rings is 1. The van der Waals surface area contributed by atoms with Crippen LogP contribution >= 0.6 is 0 Å². The third-order valence-electron chi connectivity index (χ3n) is 3.56. The van der Waals surface area contributed by atoms with Gasteiger partial charge in [-0.1, -0.05) is 12.1 Å². The van der Waals surface area contributed by atoms with Crippen molar-refractivity contribution in [2.45, 2.75) is 13.5 Å². The van der Waals surface area contributed by atoms with E-state index in [-0.39, 0.29) is 18.4 Å². The molecule has 0 radical (unpaired) electrons. The number of carbonyl (C=O) groups excluding carboxylic acids is 2. The van der Waals surface area contributed by atoms with Crippen LogP contribution in [0.2, 0.25) is 0 Å². The lowest BCUT2D eigenvalue weighted by molar-refractivity contribution is -0.133. The molecule has 1 aliphatic rings. The van der Waals surface area contributed by atoms with Gasteiger partial charge in [0.25, 0.3) is 0 Å². The molecule has 22 heavy (non-hydrogen) atoms. The van der Waals surface area contributed by atoms with Gasteiger partial charge in [-0.2, -0.15) is 0 Å². The quantitative estimate of drug-likeness (QED) is 0.830. The van der Waals surface area contributed by atoms with E-state index >= 15 is 0 Å². The smallest absolute Gasteiger partial charge is 0.236 e. The molecule has 6 nitrogen and oxygen atoms in total. The summed E-state index contributed by atoms with van der Waals surface area (Å²) in [6, 6.07) is 7.74. The maximum atomic E-state index is 12.2. The molecule has 0 spiro atoms. The number of hydrogen-bond donors (Lipinski definition) is 1. The van der Waals surface area contributed by atoms with Gasteiger partial charge in [-0.15, -0.1) is 0 Å². The van der Waals surface area contributed by atoms with Crippen LogP contribution in [0.15, 0.2) is 24.3 Å². The molecule has 1 fully saturated rings.